The van der Waals surface area contributed by atoms with Crippen LogP contribution in [0.1, 0.15) is 11.1 Å². The first kappa shape index (κ1) is 13.8. The van der Waals surface area contributed by atoms with Crippen molar-refractivity contribution in [3.05, 3.63) is 46.6 Å². The summed E-state index contributed by atoms with van der Waals surface area (Å²) in [5, 5.41) is 12.3. The molecule has 0 radical (unpaired) electrons. The molecule has 0 unspecified atom stereocenters. The van der Waals surface area contributed by atoms with Crippen LogP contribution in [0.5, 0.6) is 0 Å². The van der Waals surface area contributed by atoms with Crippen LogP contribution in [0.15, 0.2) is 34.8 Å². The van der Waals surface area contributed by atoms with Gasteiger partial charge in [0.15, 0.2) is 5.16 Å². The predicted molar refractivity (Wildman–Crippen MR) is 82.5 cm³/mol. The van der Waals surface area contributed by atoms with E-state index in [9.17, 15) is 4.39 Å². The van der Waals surface area contributed by atoms with E-state index in [0.717, 1.165) is 15.8 Å². The number of anilines is 1. The van der Waals surface area contributed by atoms with Crippen LogP contribution in [0, 0.1) is 17.1 Å². The van der Waals surface area contributed by atoms with E-state index in [1.807, 2.05) is 17.5 Å². The van der Waals surface area contributed by atoms with Crippen LogP contribution in [-0.4, -0.2) is 9.97 Å². The number of fused-ring (bicyclic) bond motifs is 1. The van der Waals surface area contributed by atoms with Gasteiger partial charge >= 0.3 is 0 Å². The highest BCUT2D eigenvalue weighted by molar-refractivity contribution is 7.98. The van der Waals surface area contributed by atoms with Gasteiger partial charge in [-0.2, -0.15) is 5.26 Å². The largest absolute Gasteiger partial charge is 0.383 e. The van der Waals surface area contributed by atoms with Crippen molar-refractivity contribution in [2.75, 3.05) is 5.73 Å². The van der Waals surface area contributed by atoms with Gasteiger partial charge in [-0.25, -0.2) is 14.4 Å². The molecule has 7 heteroatoms. The number of hydrogen-bond donors (Lipinski definition) is 1. The quantitative estimate of drug-likeness (QED) is 0.590. The van der Waals surface area contributed by atoms with E-state index in [4.69, 9.17) is 11.0 Å². The summed E-state index contributed by atoms with van der Waals surface area (Å²) in [5.74, 6) is 0.517. The Morgan fingerprint density at radius 1 is 1.33 bits per heavy atom. The van der Waals surface area contributed by atoms with Crippen molar-refractivity contribution in [3.8, 4) is 6.07 Å². The fourth-order valence-corrected chi connectivity index (χ4v) is 3.53. The third-order valence-electron chi connectivity index (χ3n) is 2.88. The highest BCUT2D eigenvalue weighted by Gasteiger charge is 2.09. The molecule has 0 saturated heterocycles. The summed E-state index contributed by atoms with van der Waals surface area (Å²) in [4.78, 5) is 9.50. The van der Waals surface area contributed by atoms with Gasteiger partial charge in [0.2, 0.25) is 0 Å². The maximum absolute atomic E-state index is 13.1. The van der Waals surface area contributed by atoms with Crippen LogP contribution in [0.25, 0.3) is 10.2 Å². The Hall–Kier alpha value is -2.17. The molecule has 0 atom stereocenters. The van der Waals surface area contributed by atoms with Crippen LogP contribution in [0.3, 0.4) is 0 Å². The molecule has 0 amide bonds. The Kier molecular flexibility index (Phi) is 3.73. The first-order valence-corrected chi connectivity index (χ1v) is 7.86. The zero-order valence-corrected chi connectivity index (χ0v) is 12.3. The van der Waals surface area contributed by atoms with Gasteiger partial charge in [-0.05, 0) is 29.1 Å². The summed E-state index contributed by atoms with van der Waals surface area (Å²) in [6, 6.07) is 8.06. The average molecular weight is 316 g/mol. The highest BCUT2D eigenvalue weighted by Crippen LogP contribution is 2.28. The van der Waals surface area contributed by atoms with Gasteiger partial charge in [0.05, 0.1) is 17.0 Å². The molecule has 0 aliphatic rings. The summed E-state index contributed by atoms with van der Waals surface area (Å²) in [7, 11) is 0. The number of nitrogens with two attached hydrogens (primary N) is 1. The van der Waals surface area contributed by atoms with Crippen molar-refractivity contribution in [2.24, 2.45) is 0 Å². The van der Waals surface area contributed by atoms with Gasteiger partial charge in [0.25, 0.3) is 0 Å². The highest BCUT2D eigenvalue weighted by atomic mass is 32.2. The van der Waals surface area contributed by atoms with E-state index in [0.29, 0.717) is 22.3 Å². The van der Waals surface area contributed by atoms with E-state index in [1.165, 1.54) is 35.2 Å². The molecule has 0 fully saturated rings. The van der Waals surface area contributed by atoms with E-state index in [1.54, 1.807) is 6.07 Å². The molecule has 2 N–H and O–H groups in total. The third kappa shape index (κ3) is 2.82. The third-order valence-corrected chi connectivity index (χ3v) is 4.59. The second-order valence-electron chi connectivity index (χ2n) is 4.23. The zero-order chi connectivity index (χ0) is 14.8. The monoisotopic (exact) mass is 316 g/mol. The molecule has 3 rings (SSSR count). The van der Waals surface area contributed by atoms with E-state index in [-0.39, 0.29) is 0 Å². The summed E-state index contributed by atoms with van der Waals surface area (Å²) in [6.07, 6.45) is 0. The molecule has 21 heavy (non-hydrogen) atoms. The second kappa shape index (κ2) is 5.68. The lowest BCUT2D eigenvalue weighted by atomic mass is 10.1. The van der Waals surface area contributed by atoms with Gasteiger partial charge in [0.1, 0.15) is 16.5 Å². The smallest absolute Gasteiger partial charge is 0.191 e. The van der Waals surface area contributed by atoms with E-state index in [2.05, 4.69) is 9.97 Å². The molecule has 0 bridgehead atoms. The number of halogens is 1. The average Bonchev–Trinajstić information content (AvgIpc) is 2.94. The molecule has 1 aromatic carbocycles. The van der Waals surface area contributed by atoms with Gasteiger partial charge in [-0.15, -0.1) is 11.3 Å². The lowest BCUT2D eigenvalue weighted by Crippen LogP contribution is -1.96. The van der Waals surface area contributed by atoms with Crippen LogP contribution in [-0.2, 0) is 5.75 Å². The molecular weight excluding hydrogens is 307 g/mol. The summed E-state index contributed by atoms with van der Waals surface area (Å²) < 4.78 is 13.1. The number of nitriles is 1. The number of thiophene rings is 1. The van der Waals surface area contributed by atoms with Crippen LogP contribution in [0.2, 0.25) is 0 Å². The topological polar surface area (TPSA) is 75.6 Å². The normalized spacial score (nSPS) is 10.7. The fourth-order valence-electron chi connectivity index (χ4n) is 1.84. The Labute approximate surface area is 128 Å². The molecule has 0 aliphatic heterocycles. The minimum atomic E-state index is -0.416. The Bertz CT molecular complexity index is 854. The Balaban J connectivity index is 1.85. The molecule has 104 valence electrons. The molecular formula is C14H9FN4S2. The van der Waals surface area contributed by atoms with Crippen LogP contribution in [0.4, 0.5) is 10.2 Å². The molecule has 0 aliphatic carbocycles. The number of rotatable bonds is 3. The Morgan fingerprint density at radius 3 is 3.00 bits per heavy atom. The summed E-state index contributed by atoms with van der Waals surface area (Å²) >= 11 is 2.87. The maximum atomic E-state index is 13.1. The number of hydrogen-bond acceptors (Lipinski definition) is 6. The molecule has 2 heterocycles. The number of nitrogens with zero attached hydrogens (tertiary/aromatic N) is 3. The van der Waals surface area contributed by atoms with Gasteiger partial charge in [0, 0.05) is 5.75 Å². The van der Waals surface area contributed by atoms with Crippen molar-refractivity contribution in [1.29, 1.82) is 5.26 Å². The lowest BCUT2D eigenvalue weighted by molar-refractivity contribution is 0.627. The Morgan fingerprint density at radius 2 is 2.19 bits per heavy atom. The predicted octanol–water partition coefficient (Wildman–Crippen LogP) is 3.58. The van der Waals surface area contributed by atoms with Crippen molar-refractivity contribution in [1.82, 2.24) is 9.97 Å². The maximum Gasteiger partial charge on any atom is 0.191 e. The SMILES string of the molecule is N#Cc1cc(F)ccc1CSc1nc(N)c2ccsc2n1. The minimum Gasteiger partial charge on any atom is -0.383 e. The van der Waals surface area contributed by atoms with Gasteiger partial charge < -0.3 is 5.73 Å². The molecule has 0 saturated carbocycles. The van der Waals surface area contributed by atoms with Gasteiger partial charge in [-0.3, -0.25) is 0 Å². The molecule has 2 aromatic heterocycles. The van der Waals surface area contributed by atoms with E-state index >= 15 is 0 Å². The molecule has 3 aromatic rings. The number of thioether (sulfide) groups is 1. The number of benzene rings is 1. The first-order chi connectivity index (χ1) is 10.2. The van der Waals surface area contributed by atoms with Crippen molar-refractivity contribution in [2.45, 2.75) is 10.9 Å². The van der Waals surface area contributed by atoms with E-state index < -0.39 is 5.82 Å². The van der Waals surface area contributed by atoms with Crippen molar-refractivity contribution in [3.63, 3.8) is 0 Å². The lowest BCUT2D eigenvalue weighted by Gasteiger charge is -2.04. The van der Waals surface area contributed by atoms with Crippen molar-refractivity contribution >= 4 is 39.1 Å². The zero-order valence-electron chi connectivity index (χ0n) is 10.7. The van der Waals surface area contributed by atoms with Crippen LogP contribution < -0.4 is 5.73 Å². The number of aromatic nitrogens is 2. The molecule has 4 nitrogen and oxygen atoms in total. The van der Waals surface area contributed by atoms with Gasteiger partial charge in [-0.1, -0.05) is 17.8 Å². The fraction of sp³-hybridized carbons (Fsp3) is 0.0714. The number of nitrogen functional groups attached to an aromatic ring is 1. The minimum absolute atomic E-state index is 0.327. The first-order valence-electron chi connectivity index (χ1n) is 5.99. The summed E-state index contributed by atoms with van der Waals surface area (Å²) in [5.41, 5.74) is 6.96. The molecule has 0 spiro atoms. The summed E-state index contributed by atoms with van der Waals surface area (Å²) in [6.45, 7) is 0. The second-order valence-corrected chi connectivity index (χ2v) is 6.07. The standard InChI is InChI=1S/C14H9FN4S2/c15-10-2-1-8(9(5-10)6-16)7-21-14-18-12(17)11-3-4-20-13(11)19-14/h1-5H,7H2,(H2,17,18,19). The van der Waals surface area contributed by atoms with Crippen LogP contribution >= 0.6 is 23.1 Å². The van der Waals surface area contributed by atoms with Crippen molar-refractivity contribution < 1.29 is 4.39 Å².